The summed E-state index contributed by atoms with van der Waals surface area (Å²) in [5, 5.41) is 0. The fraction of sp³-hybridized carbons (Fsp3) is 0.500. The zero-order valence-corrected chi connectivity index (χ0v) is 6.02. The molecule has 0 aromatic heterocycles. The quantitative estimate of drug-likeness (QED) is 0.575. The zero-order chi connectivity index (χ0) is 7.56. The first-order valence-corrected chi connectivity index (χ1v) is 3.40. The Kier molecular flexibility index (Phi) is 2.00. The van der Waals surface area contributed by atoms with Crippen LogP contribution in [0, 0.1) is 0 Å². The third kappa shape index (κ3) is 1.79. The molecule has 1 aliphatic carbocycles. The number of rotatable bonds is 2. The van der Waals surface area contributed by atoms with Gasteiger partial charge in [0.05, 0.1) is 0 Å². The van der Waals surface area contributed by atoms with E-state index in [1.165, 1.54) is 0 Å². The van der Waals surface area contributed by atoms with Crippen LogP contribution in [0.5, 0.6) is 0 Å². The summed E-state index contributed by atoms with van der Waals surface area (Å²) < 4.78 is 0. The van der Waals surface area contributed by atoms with Gasteiger partial charge in [-0.15, -0.1) is 0 Å². The largest absolute Gasteiger partial charge is 0.300 e. The number of carbonyl (C=O) groups excluding carboxylic acids is 2. The highest BCUT2D eigenvalue weighted by Crippen LogP contribution is 2.17. The Bertz CT molecular complexity index is 201. The van der Waals surface area contributed by atoms with Gasteiger partial charge in [0.15, 0.2) is 5.78 Å². The molecule has 54 valence electrons. The third-order valence-electron chi connectivity index (χ3n) is 1.53. The van der Waals surface area contributed by atoms with Crippen molar-refractivity contribution in [3.8, 4) is 0 Å². The first kappa shape index (κ1) is 7.19. The molecular weight excluding hydrogens is 128 g/mol. The van der Waals surface area contributed by atoms with Crippen LogP contribution in [-0.4, -0.2) is 11.6 Å². The van der Waals surface area contributed by atoms with Crippen molar-refractivity contribution in [1.82, 2.24) is 0 Å². The van der Waals surface area contributed by atoms with Gasteiger partial charge < -0.3 is 0 Å². The van der Waals surface area contributed by atoms with Gasteiger partial charge in [-0.25, -0.2) is 0 Å². The molecule has 0 radical (unpaired) electrons. The number of hydrogen-bond acceptors (Lipinski definition) is 2. The molecule has 0 aromatic rings. The van der Waals surface area contributed by atoms with Gasteiger partial charge in [-0.1, -0.05) is 5.57 Å². The zero-order valence-electron chi connectivity index (χ0n) is 6.02. The molecule has 1 aliphatic rings. The molecule has 0 fully saturated rings. The van der Waals surface area contributed by atoms with Crippen molar-refractivity contribution in [3.63, 3.8) is 0 Å². The molecule has 2 nitrogen and oxygen atoms in total. The molecule has 1 rings (SSSR count). The van der Waals surface area contributed by atoms with Gasteiger partial charge in [-0.2, -0.15) is 0 Å². The lowest BCUT2D eigenvalue weighted by Crippen LogP contribution is -1.90. The van der Waals surface area contributed by atoms with E-state index in [4.69, 9.17) is 0 Å². The minimum atomic E-state index is 0.140. The highest BCUT2D eigenvalue weighted by molar-refractivity contribution is 5.94. The second kappa shape index (κ2) is 2.78. The summed E-state index contributed by atoms with van der Waals surface area (Å²) in [7, 11) is 0. The Hall–Kier alpha value is -0.920. The number of hydrogen-bond donors (Lipinski definition) is 0. The monoisotopic (exact) mass is 138 g/mol. The van der Waals surface area contributed by atoms with Crippen LogP contribution in [0.25, 0.3) is 0 Å². The van der Waals surface area contributed by atoms with Gasteiger partial charge in [0, 0.05) is 12.8 Å². The van der Waals surface area contributed by atoms with Crippen LogP contribution in [-0.2, 0) is 9.59 Å². The van der Waals surface area contributed by atoms with E-state index in [1.807, 2.05) is 0 Å². The molecule has 0 saturated heterocycles. The summed E-state index contributed by atoms with van der Waals surface area (Å²) >= 11 is 0. The van der Waals surface area contributed by atoms with E-state index >= 15 is 0 Å². The maximum atomic E-state index is 10.6. The van der Waals surface area contributed by atoms with Gasteiger partial charge in [0.25, 0.3) is 0 Å². The van der Waals surface area contributed by atoms with Crippen molar-refractivity contribution >= 4 is 11.6 Å². The average molecular weight is 138 g/mol. The first-order chi connectivity index (χ1) is 4.68. The second-order valence-corrected chi connectivity index (χ2v) is 2.65. The van der Waals surface area contributed by atoms with E-state index < -0.39 is 0 Å². The van der Waals surface area contributed by atoms with Gasteiger partial charge in [-0.05, 0) is 19.4 Å². The summed E-state index contributed by atoms with van der Waals surface area (Å²) in [6, 6.07) is 0. The molecule has 0 bridgehead atoms. The lowest BCUT2D eigenvalue weighted by Gasteiger charge is -1.92. The highest BCUT2D eigenvalue weighted by Gasteiger charge is 2.12. The first-order valence-electron chi connectivity index (χ1n) is 3.40. The molecular formula is C8H10O2. The lowest BCUT2D eigenvalue weighted by atomic mass is 10.1. The van der Waals surface area contributed by atoms with Crippen LogP contribution in [0.2, 0.25) is 0 Å². The smallest absolute Gasteiger partial charge is 0.155 e. The number of ketones is 2. The molecule has 0 atom stereocenters. The van der Waals surface area contributed by atoms with E-state index in [-0.39, 0.29) is 11.6 Å². The fourth-order valence-corrected chi connectivity index (χ4v) is 1.11. The second-order valence-electron chi connectivity index (χ2n) is 2.65. The molecule has 2 heteroatoms. The molecule has 0 unspecified atom stereocenters. The van der Waals surface area contributed by atoms with Crippen molar-refractivity contribution in [2.24, 2.45) is 0 Å². The summed E-state index contributed by atoms with van der Waals surface area (Å²) in [6.45, 7) is 1.55. The van der Waals surface area contributed by atoms with Crippen molar-refractivity contribution in [2.45, 2.75) is 26.2 Å². The van der Waals surface area contributed by atoms with Crippen LogP contribution < -0.4 is 0 Å². The summed E-state index contributed by atoms with van der Waals surface area (Å²) in [5.74, 6) is 0.303. The molecule has 0 heterocycles. The highest BCUT2D eigenvalue weighted by atomic mass is 16.1. The lowest BCUT2D eigenvalue weighted by molar-refractivity contribution is -0.116. The van der Waals surface area contributed by atoms with Crippen LogP contribution in [0.4, 0.5) is 0 Å². The van der Waals surface area contributed by atoms with Crippen molar-refractivity contribution in [3.05, 3.63) is 11.6 Å². The maximum Gasteiger partial charge on any atom is 0.155 e. The summed E-state index contributed by atoms with van der Waals surface area (Å²) in [4.78, 5) is 21.2. The number of Topliss-reactive ketones (excluding diaryl/α,β-unsaturated/α-hetero) is 1. The molecule has 0 saturated carbocycles. The van der Waals surface area contributed by atoms with Gasteiger partial charge in [0.1, 0.15) is 5.78 Å². The Morgan fingerprint density at radius 1 is 1.60 bits per heavy atom. The standard InChI is InChI=1S/C8H10O2/c1-6(9)4-7-2-3-8(10)5-7/h5H,2-4H2,1H3. The van der Waals surface area contributed by atoms with E-state index in [0.717, 1.165) is 12.0 Å². The van der Waals surface area contributed by atoms with Gasteiger partial charge >= 0.3 is 0 Å². The van der Waals surface area contributed by atoms with E-state index in [0.29, 0.717) is 12.8 Å². The summed E-state index contributed by atoms with van der Waals surface area (Å²) in [5.41, 5.74) is 0.998. The number of carbonyl (C=O) groups is 2. The van der Waals surface area contributed by atoms with Crippen molar-refractivity contribution in [1.29, 1.82) is 0 Å². The van der Waals surface area contributed by atoms with E-state index in [9.17, 15) is 9.59 Å². The van der Waals surface area contributed by atoms with Crippen LogP contribution in [0.15, 0.2) is 11.6 Å². The Balaban J connectivity index is 2.50. The van der Waals surface area contributed by atoms with Crippen molar-refractivity contribution in [2.75, 3.05) is 0 Å². The van der Waals surface area contributed by atoms with Gasteiger partial charge in [-0.3, -0.25) is 9.59 Å². The average Bonchev–Trinajstić information content (AvgIpc) is 2.13. The van der Waals surface area contributed by atoms with Crippen LogP contribution in [0.1, 0.15) is 26.2 Å². The molecule has 0 amide bonds. The molecule has 0 N–H and O–H groups in total. The van der Waals surface area contributed by atoms with E-state index in [2.05, 4.69) is 0 Å². The Labute approximate surface area is 59.9 Å². The Morgan fingerprint density at radius 2 is 2.30 bits per heavy atom. The summed E-state index contributed by atoms with van der Waals surface area (Å²) in [6.07, 6.45) is 3.45. The van der Waals surface area contributed by atoms with Crippen LogP contribution >= 0.6 is 0 Å². The molecule has 10 heavy (non-hydrogen) atoms. The third-order valence-corrected chi connectivity index (χ3v) is 1.53. The predicted octanol–water partition coefficient (Wildman–Crippen LogP) is 1.25. The van der Waals surface area contributed by atoms with Crippen molar-refractivity contribution < 1.29 is 9.59 Å². The topological polar surface area (TPSA) is 34.1 Å². The number of allylic oxidation sites excluding steroid dienone is 2. The predicted molar refractivity (Wildman–Crippen MR) is 37.6 cm³/mol. The molecule has 0 aromatic carbocycles. The van der Waals surface area contributed by atoms with Crippen LogP contribution in [0.3, 0.4) is 0 Å². The fourth-order valence-electron chi connectivity index (χ4n) is 1.11. The minimum absolute atomic E-state index is 0.140. The normalized spacial score (nSPS) is 17.3. The van der Waals surface area contributed by atoms with Gasteiger partial charge in [0.2, 0.25) is 0 Å². The minimum Gasteiger partial charge on any atom is -0.300 e. The maximum absolute atomic E-state index is 10.6. The SMILES string of the molecule is CC(=O)CC1=CC(=O)CC1. The molecule has 0 aliphatic heterocycles. The Morgan fingerprint density at radius 3 is 2.70 bits per heavy atom. The van der Waals surface area contributed by atoms with E-state index in [1.54, 1.807) is 13.0 Å². The molecule has 0 spiro atoms.